The molecule has 0 aromatic heterocycles. The Kier molecular flexibility index (Phi) is 3.36. The highest BCUT2D eigenvalue weighted by atomic mass is 16.6. The first kappa shape index (κ1) is 12.0. The van der Waals surface area contributed by atoms with Gasteiger partial charge in [-0.1, -0.05) is 42.5 Å². The Morgan fingerprint density at radius 3 is 2.84 bits per heavy atom. The number of amides is 1. The zero-order valence-electron chi connectivity index (χ0n) is 10.7. The van der Waals surface area contributed by atoms with Crippen molar-refractivity contribution in [2.24, 2.45) is 0 Å². The molecular weight excluding hydrogens is 238 g/mol. The predicted octanol–water partition coefficient (Wildman–Crippen LogP) is 3.50. The molecule has 1 fully saturated rings. The number of nitrogens with one attached hydrogen (secondary N) is 1. The van der Waals surface area contributed by atoms with Crippen LogP contribution in [0.15, 0.2) is 54.3 Å². The van der Waals surface area contributed by atoms with Crippen molar-refractivity contribution in [3.05, 3.63) is 59.9 Å². The van der Waals surface area contributed by atoms with E-state index in [2.05, 4.69) is 23.5 Å². The summed E-state index contributed by atoms with van der Waals surface area (Å²) in [5.41, 5.74) is 1.28. The fourth-order valence-corrected chi connectivity index (χ4v) is 2.39. The number of carbonyl (C=O) groups excluding carboxylic acids is 1. The molecule has 1 aromatic carbocycles. The smallest absolute Gasteiger partial charge is 0.412 e. The molecule has 98 valence electrons. The maximum Gasteiger partial charge on any atom is 0.412 e. The molecule has 0 spiro atoms. The standard InChI is InChI=1S/C16H17NO2/c18-16(19-13-9-5-2-6-10-13)17-15-11-14(15)12-7-3-1-4-8-12/h1-5,7-9,14-15H,6,10-11H2,(H,17,18). The Balaban J connectivity index is 1.49. The van der Waals surface area contributed by atoms with E-state index in [0.717, 1.165) is 25.0 Å². The van der Waals surface area contributed by atoms with Crippen LogP contribution in [0.1, 0.15) is 30.7 Å². The summed E-state index contributed by atoms with van der Waals surface area (Å²) in [5.74, 6) is 1.19. The topological polar surface area (TPSA) is 38.3 Å². The van der Waals surface area contributed by atoms with Gasteiger partial charge in [0.25, 0.3) is 0 Å². The predicted molar refractivity (Wildman–Crippen MR) is 73.7 cm³/mol. The van der Waals surface area contributed by atoms with Crippen LogP contribution >= 0.6 is 0 Å². The Labute approximate surface area is 113 Å². The molecule has 3 nitrogen and oxygen atoms in total. The first-order chi connectivity index (χ1) is 9.33. The van der Waals surface area contributed by atoms with E-state index in [1.807, 2.05) is 30.4 Å². The molecule has 1 aromatic rings. The third kappa shape index (κ3) is 3.05. The van der Waals surface area contributed by atoms with E-state index in [1.165, 1.54) is 5.56 Å². The lowest BCUT2D eigenvalue weighted by Gasteiger charge is -2.10. The Morgan fingerprint density at radius 2 is 2.11 bits per heavy atom. The van der Waals surface area contributed by atoms with Crippen LogP contribution < -0.4 is 5.32 Å². The molecule has 19 heavy (non-hydrogen) atoms. The SMILES string of the molecule is O=C(NC1CC1c1ccccc1)OC1=CC=CCC1. The van der Waals surface area contributed by atoms with Gasteiger partial charge in [0.15, 0.2) is 0 Å². The van der Waals surface area contributed by atoms with Crippen LogP contribution in [0.5, 0.6) is 0 Å². The molecule has 3 heteroatoms. The second kappa shape index (κ2) is 5.31. The Hall–Kier alpha value is -2.03. The number of hydrogen-bond acceptors (Lipinski definition) is 2. The van der Waals surface area contributed by atoms with Gasteiger partial charge in [-0.3, -0.25) is 0 Å². The van der Waals surface area contributed by atoms with E-state index >= 15 is 0 Å². The summed E-state index contributed by atoms with van der Waals surface area (Å²) in [6.07, 6.45) is 8.26. The van der Waals surface area contributed by atoms with E-state index < -0.39 is 0 Å². The summed E-state index contributed by atoms with van der Waals surface area (Å²) in [4.78, 5) is 11.7. The minimum absolute atomic E-state index is 0.217. The molecular formula is C16H17NO2. The Morgan fingerprint density at radius 1 is 1.26 bits per heavy atom. The molecule has 0 heterocycles. The van der Waals surface area contributed by atoms with Gasteiger partial charge in [0.1, 0.15) is 5.76 Å². The number of rotatable bonds is 3. The average molecular weight is 255 g/mol. The van der Waals surface area contributed by atoms with E-state index in [9.17, 15) is 4.79 Å². The number of alkyl carbamates (subject to hydrolysis) is 1. The van der Waals surface area contributed by atoms with Crippen molar-refractivity contribution < 1.29 is 9.53 Å². The lowest BCUT2D eigenvalue weighted by Crippen LogP contribution is -2.27. The molecule has 2 aliphatic rings. The average Bonchev–Trinajstić information content (AvgIpc) is 3.20. The fraction of sp³-hybridized carbons (Fsp3) is 0.312. The molecule has 0 bridgehead atoms. The summed E-state index contributed by atoms with van der Waals surface area (Å²) < 4.78 is 5.29. The summed E-state index contributed by atoms with van der Waals surface area (Å²) in [5, 5.41) is 2.92. The summed E-state index contributed by atoms with van der Waals surface area (Å²) in [6, 6.07) is 10.5. The van der Waals surface area contributed by atoms with Crippen LogP contribution in [0.3, 0.4) is 0 Å². The van der Waals surface area contributed by atoms with Crippen molar-refractivity contribution in [3.63, 3.8) is 0 Å². The molecule has 2 unspecified atom stereocenters. The lowest BCUT2D eigenvalue weighted by molar-refractivity contribution is 0.172. The number of ether oxygens (including phenoxy) is 1. The van der Waals surface area contributed by atoms with Gasteiger partial charge in [0, 0.05) is 18.4 Å². The molecule has 0 saturated heterocycles. The van der Waals surface area contributed by atoms with Gasteiger partial charge in [-0.25, -0.2) is 4.79 Å². The normalized spacial score (nSPS) is 24.5. The monoisotopic (exact) mass is 255 g/mol. The minimum atomic E-state index is -0.329. The van der Waals surface area contributed by atoms with Gasteiger partial charge < -0.3 is 10.1 Å². The lowest BCUT2D eigenvalue weighted by atomic mass is 10.1. The second-order valence-corrected chi connectivity index (χ2v) is 4.99. The van der Waals surface area contributed by atoms with Crippen molar-refractivity contribution in [2.75, 3.05) is 0 Å². The van der Waals surface area contributed by atoms with Crippen molar-refractivity contribution in [1.29, 1.82) is 0 Å². The van der Waals surface area contributed by atoms with Crippen molar-refractivity contribution in [3.8, 4) is 0 Å². The minimum Gasteiger partial charge on any atom is -0.415 e. The highest BCUT2D eigenvalue weighted by Crippen LogP contribution is 2.40. The van der Waals surface area contributed by atoms with Crippen molar-refractivity contribution >= 4 is 6.09 Å². The molecule has 1 saturated carbocycles. The van der Waals surface area contributed by atoms with Gasteiger partial charge in [-0.15, -0.1) is 0 Å². The van der Waals surface area contributed by atoms with Crippen LogP contribution in [-0.2, 0) is 4.74 Å². The first-order valence-electron chi connectivity index (χ1n) is 6.72. The molecule has 1 N–H and O–H groups in total. The van der Waals surface area contributed by atoms with Gasteiger partial charge in [0.2, 0.25) is 0 Å². The highest BCUT2D eigenvalue weighted by molar-refractivity contribution is 5.69. The zero-order valence-corrected chi connectivity index (χ0v) is 10.7. The van der Waals surface area contributed by atoms with Crippen LogP contribution in [0.25, 0.3) is 0 Å². The van der Waals surface area contributed by atoms with Crippen molar-refractivity contribution in [2.45, 2.75) is 31.2 Å². The zero-order chi connectivity index (χ0) is 13.1. The fourth-order valence-electron chi connectivity index (χ4n) is 2.39. The van der Waals surface area contributed by atoms with Gasteiger partial charge in [0.05, 0.1) is 0 Å². The van der Waals surface area contributed by atoms with Crippen LogP contribution in [0.2, 0.25) is 0 Å². The third-order valence-corrected chi connectivity index (χ3v) is 3.52. The number of carbonyl (C=O) groups is 1. The van der Waals surface area contributed by atoms with Crippen LogP contribution in [-0.4, -0.2) is 12.1 Å². The summed E-state index contributed by atoms with van der Waals surface area (Å²) in [6.45, 7) is 0. The van der Waals surface area contributed by atoms with Gasteiger partial charge in [-0.05, 0) is 24.5 Å². The van der Waals surface area contributed by atoms with E-state index in [0.29, 0.717) is 5.92 Å². The van der Waals surface area contributed by atoms with E-state index in [-0.39, 0.29) is 12.1 Å². The number of hydrogen-bond donors (Lipinski definition) is 1. The number of benzene rings is 1. The number of allylic oxidation sites excluding steroid dienone is 4. The highest BCUT2D eigenvalue weighted by Gasteiger charge is 2.39. The summed E-state index contributed by atoms with van der Waals surface area (Å²) >= 11 is 0. The molecule has 2 aliphatic carbocycles. The van der Waals surface area contributed by atoms with Gasteiger partial charge in [-0.2, -0.15) is 0 Å². The maximum absolute atomic E-state index is 11.7. The largest absolute Gasteiger partial charge is 0.415 e. The van der Waals surface area contributed by atoms with Crippen molar-refractivity contribution in [1.82, 2.24) is 5.32 Å². The van der Waals surface area contributed by atoms with Gasteiger partial charge >= 0.3 is 6.09 Å². The molecule has 2 atom stereocenters. The molecule has 1 amide bonds. The summed E-state index contributed by atoms with van der Waals surface area (Å²) in [7, 11) is 0. The third-order valence-electron chi connectivity index (χ3n) is 3.52. The van der Waals surface area contributed by atoms with E-state index in [1.54, 1.807) is 0 Å². The molecule has 3 rings (SSSR count). The first-order valence-corrected chi connectivity index (χ1v) is 6.72. The van der Waals surface area contributed by atoms with E-state index in [4.69, 9.17) is 4.74 Å². The molecule has 0 aliphatic heterocycles. The van der Waals surface area contributed by atoms with Crippen LogP contribution in [0.4, 0.5) is 4.79 Å². The van der Waals surface area contributed by atoms with Crippen LogP contribution in [0, 0.1) is 0 Å². The second-order valence-electron chi connectivity index (χ2n) is 4.99. The molecule has 0 radical (unpaired) electrons. The Bertz CT molecular complexity index is 519. The quantitative estimate of drug-likeness (QED) is 0.897. The maximum atomic E-state index is 11.7.